The van der Waals surface area contributed by atoms with Crippen molar-refractivity contribution < 1.29 is 18.6 Å². The third kappa shape index (κ3) is 3.61. The fraction of sp³-hybridized carbons (Fsp3) is 0.200. The van der Waals surface area contributed by atoms with E-state index in [0.29, 0.717) is 35.1 Å². The molecule has 0 aliphatic heterocycles. The summed E-state index contributed by atoms with van der Waals surface area (Å²) >= 11 is 0. The monoisotopic (exact) mass is 358 g/mol. The second-order valence-electron chi connectivity index (χ2n) is 5.98. The summed E-state index contributed by atoms with van der Waals surface area (Å²) in [7, 11) is -3.79. The number of benzene rings is 2. The maximum Gasteiger partial charge on any atom is 0.206 e. The molecule has 0 bridgehead atoms. The van der Waals surface area contributed by atoms with E-state index < -0.39 is 9.84 Å². The van der Waals surface area contributed by atoms with Gasteiger partial charge in [0.15, 0.2) is 0 Å². The zero-order valence-electron chi connectivity index (χ0n) is 14.4. The van der Waals surface area contributed by atoms with Crippen LogP contribution in [0.25, 0.3) is 0 Å². The summed E-state index contributed by atoms with van der Waals surface area (Å²) in [6, 6.07) is 5.84. The highest BCUT2D eigenvalue weighted by Crippen LogP contribution is 2.33. The van der Waals surface area contributed by atoms with E-state index in [2.05, 4.69) is 13.2 Å². The van der Waals surface area contributed by atoms with Crippen LogP contribution in [0.1, 0.15) is 22.3 Å². The Morgan fingerprint density at radius 2 is 1.20 bits per heavy atom. The highest BCUT2D eigenvalue weighted by atomic mass is 32.2. The quantitative estimate of drug-likeness (QED) is 0.765. The number of hydrogen-bond donors (Lipinski definition) is 2. The van der Waals surface area contributed by atoms with Gasteiger partial charge in [0.2, 0.25) is 9.84 Å². The second-order valence-corrected chi connectivity index (χ2v) is 7.93. The molecule has 0 unspecified atom stereocenters. The van der Waals surface area contributed by atoms with Gasteiger partial charge in [0, 0.05) is 0 Å². The number of allylic oxidation sites excluding steroid dienone is 2. The molecule has 2 aromatic rings. The Bertz CT molecular complexity index is 869. The minimum absolute atomic E-state index is 0.0769. The van der Waals surface area contributed by atoms with Crippen molar-refractivity contribution in [1.29, 1.82) is 0 Å². The number of sulfone groups is 1. The van der Waals surface area contributed by atoms with Gasteiger partial charge in [-0.05, 0) is 73.2 Å². The van der Waals surface area contributed by atoms with Crippen molar-refractivity contribution in [2.75, 3.05) is 0 Å². The Labute approximate surface area is 148 Å². The lowest BCUT2D eigenvalue weighted by molar-refractivity contribution is 0.464. The summed E-state index contributed by atoms with van der Waals surface area (Å²) in [4.78, 5) is 0.212. The molecule has 0 fully saturated rings. The largest absolute Gasteiger partial charge is 0.507 e. The van der Waals surface area contributed by atoms with E-state index in [9.17, 15) is 18.6 Å². The molecule has 0 aliphatic rings. The lowest BCUT2D eigenvalue weighted by atomic mass is 10.1. The smallest absolute Gasteiger partial charge is 0.206 e. The molecule has 2 N–H and O–H groups in total. The molecule has 132 valence electrons. The summed E-state index contributed by atoms with van der Waals surface area (Å²) in [5.41, 5.74) is 1.99. The summed E-state index contributed by atoms with van der Waals surface area (Å²) < 4.78 is 26.1. The van der Waals surface area contributed by atoms with Crippen LogP contribution in [0, 0.1) is 13.8 Å². The molecule has 2 rings (SSSR count). The fourth-order valence-corrected chi connectivity index (χ4v) is 4.23. The first-order valence-corrected chi connectivity index (χ1v) is 9.32. The molecule has 0 atom stereocenters. The maximum absolute atomic E-state index is 13.1. The molecule has 0 aliphatic carbocycles. The van der Waals surface area contributed by atoms with E-state index >= 15 is 0 Å². The van der Waals surface area contributed by atoms with E-state index in [1.165, 1.54) is 24.3 Å². The normalized spacial score (nSPS) is 11.3. The van der Waals surface area contributed by atoms with Gasteiger partial charge in [0.1, 0.15) is 11.5 Å². The summed E-state index contributed by atoms with van der Waals surface area (Å²) in [6.07, 6.45) is 3.95. The van der Waals surface area contributed by atoms with E-state index in [-0.39, 0.29) is 21.3 Å². The third-order valence-electron chi connectivity index (χ3n) is 4.05. The topological polar surface area (TPSA) is 74.6 Å². The first kappa shape index (κ1) is 18.8. The SMILES string of the molecule is C=CCc1cc(S(=O)(=O)c2cc(C)c(O)c(CC=C)c2)cc(C)c1O. The zero-order valence-corrected chi connectivity index (χ0v) is 15.2. The molecule has 0 heterocycles. The molecule has 4 nitrogen and oxygen atoms in total. The minimum atomic E-state index is -3.79. The number of rotatable bonds is 6. The number of aromatic hydroxyl groups is 2. The molecule has 25 heavy (non-hydrogen) atoms. The van der Waals surface area contributed by atoms with Crippen molar-refractivity contribution in [1.82, 2.24) is 0 Å². The molecule has 5 heteroatoms. The summed E-state index contributed by atoms with van der Waals surface area (Å²) in [5.74, 6) is 0.154. The van der Waals surface area contributed by atoms with Crippen molar-refractivity contribution >= 4 is 9.84 Å². The van der Waals surface area contributed by atoms with Crippen LogP contribution in [0.4, 0.5) is 0 Å². The fourth-order valence-electron chi connectivity index (χ4n) is 2.70. The Hall–Kier alpha value is -2.53. The highest BCUT2D eigenvalue weighted by molar-refractivity contribution is 7.91. The molecule has 0 spiro atoms. The Morgan fingerprint density at radius 1 is 0.840 bits per heavy atom. The molecular formula is C20H22O4S. The lowest BCUT2D eigenvalue weighted by Gasteiger charge is -2.13. The third-order valence-corrected chi connectivity index (χ3v) is 5.77. The van der Waals surface area contributed by atoms with Crippen LogP contribution >= 0.6 is 0 Å². The van der Waals surface area contributed by atoms with Gasteiger partial charge >= 0.3 is 0 Å². The predicted octanol–water partition coefficient (Wildman–Crippen LogP) is 4.00. The number of phenols is 2. The summed E-state index contributed by atoms with van der Waals surface area (Å²) in [5, 5.41) is 20.2. The maximum atomic E-state index is 13.1. The first-order valence-electron chi connectivity index (χ1n) is 7.84. The Kier molecular flexibility index (Phi) is 5.38. The average Bonchev–Trinajstić information content (AvgIpc) is 2.55. The van der Waals surface area contributed by atoms with Crippen molar-refractivity contribution in [3.8, 4) is 11.5 Å². The van der Waals surface area contributed by atoms with Gasteiger partial charge in [-0.15, -0.1) is 13.2 Å². The van der Waals surface area contributed by atoms with Crippen LogP contribution in [0.5, 0.6) is 11.5 Å². The molecule has 0 aromatic heterocycles. The number of aryl methyl sites for hydroxylation is 2. The molecule has 0 radical (unpaired) electrons. The van der Waals surface area contributed by atoms with E-state index in [1.807, 2.05) is 0 Å². The van der Waals surface area contributed by atoms with Crippen molar-refractivity contribution in [3.63, 3.8) is 0 Å². The average molecular weight is 358 g/mol. The van der Waals surface area contributed by atoms with Crippen molar-refractivity contribution in [2.45, 2.75) is 36.5 Å². The van der Waals surface area contributed by atoms with Crippen molar-refractivity contribution in [2.24, 2.45) is 0 Å². The van der Waals surface area contributed by atoms with Gasteiger partial charge in [-0.1, -0.05) is 12.2 Å². The van der Waals surface area contributed by atoms with E-state index in [0.717, 1.165) is 0 Å². The van der Waals surface area contributed by atoms with Crippen LogP contribution in [0.15, 0.2) is 59.4 Å². The van der Waals surface area contributed by atoms with Gasteiger partial charge in [0.25, 0.3) is 0 Å². The Morgan fingerprint density at radius 3 is 1.52 bits per heavy atom. The molecule has 0 saturated heterocycles. The first-order chi connectivity index (χ1) is 11.7. The highest BCUT2D eigenvalue weighted by Gasteiger charge is 2.22. The van der Waals surface area contributed by atoms with Crippen LogP contribution < -0.4 is 0 Å². The molecule has 0 amide bonds. The lowest BCUT2D eigenvalue weighted by Crippen LogP contribution is -2.05. The predicted molar refractivity (Wildman–Crippen MR) is 98.9 cm³/mol. The van der Waals surface area contributed by atoms with E-state index in [4.69, 9.17) is 0 Å². The zero-order chi connectivity index (χ0) is 18.8. The van der Waals surface area contributed by atoms with Gasteiger partial charge in [-0.3, -0.25) is 0 Å². The number of hydrogen-bond acceptors (Lipinski definition) is 4. The molecule has 2 aromatic carbocycles. The second kappa shape index (κ2) is 7.15. The van der Waals surface area contributed by atoms with Gasteiger partial charge in [-0.2, -0.15) is 0 Å². The van der Waals surface area contributed by atoms with Gasteiger partial charge < -0.3 is 10.2 Å². The van der Waals surface area contributed by atoms with Crippen LogP contribution in [0.3, 0.4) is 0 Å². The Balaban J connectivity index is 2.67. The molecular weight excluding hydrogens is 336 g/mol. The minimum Gasteiger partial charge on any atom is -0.507 e. The van der Waals surface area contributed by atoms with Crippen LogP contribution in [0.2, 0.25) is 0 Å². The van der Waals surface area contributed by atoms with Gasteiger partial charge in [0.05, 0.1) is 9.79 Å². The van der Waals surface area contributed by atoms with Crippen molar-refractivity contribution in [3.05, 3.63) is 71.8 Å². The van der Waals surface area contributed by atoms with Crippen LogP contribution in [-0.4, -0.2) is 18.6 Å². The standard InChI is InChI=1S/C20H22O4S/c1-5-7-15-11-17(9-13(3)19(15)21)25(23,24)18-10-14(4)20(22)16(12-18)8-6-2/h5-6,9-12,21-22H,1-2,7-8H2,3-4H3. The van der Waals surface area contributed by atoms with Gasteiger partial charge in [-0.25, -0.2) is 8.42 Å². The number of phenolic OH excluding ortho intramolecular Hbond substituents is 2. The molecule has 0 saturated carbocycles. The summed E-state index contributed by atoms with van der Waals surface area (Å²) in [6.45, 7) is 10.6. The van der Waals surface area contributed by atoms with E-state index in [1.54, 1.807) is 26.0 Å². The van der Waals surface area contributed by atoms with Crippen LogP contribution in [-0.2, 0) is 22.7 Å².